The van der Waals surface area contributed by atoms with Crippen LogP contribution in [0.2, 0.25) is 0 Å². The van der Waals surface area contributed by atoms with Crippen molar-refractivity contribution in [3.05, 3.63) is 28.5 Å². The zero-order chi connectivity index (χ0) is 11.4. The molecule has 2 atom stereocenters. The minimum absolute atomic E-state index is 0.469. The van der Waals surface area contributed by atoms with E-state index in [1.54, 1.807) is 0 Å². The molecule has 1 saturated heterocycles. The maximum absolute atomic E-state index is 5.43. The predicted octanol–water partition coefficient (Wildman–Crippen LogP) is 2.01. The van der Waals surface area contributed by atoms with Gasteiger partial charge < -0.3 is 10.1 Å². The molecule has 88 valence electrons. The third kappa shape index (κ3) is 3.03. The van der Waals surface area contributed by atoms with Gasteiger partial charge in [-0.15, -0.1) is 0 Å². The fraction of sp³-hybridized carbons (Fsp3) is 0.583. The zero-order valence-corrected chi connectivity index (χ0v) is 11.0. The summed E-state index contributed by atoms with van der Waals surface area (Å²) in [6.45, 7) is 1.78. The number of rotatable bonds is 4. The molecule has 2 heterocycles. The highest BCUT2D eigenvalue weighted by atomic mass is 79.9. The lowest BCUT2D eigenvalue weighted by atomic mass is 9.95. The normalized spacial score (nSPS) is 22.2. The molecular weight excluding hydrogens is 268 g/mol. The van der Waals surface area contributed by atoms with Crippen molar-refractivity contribution < 1.29 is 4.74 Å². The maximum atomic E-state index is 5.43. The Morgan fingerprint density at radius 1 is 1.62 bits per heavy atom. The second-order valence-electron chi connectivity index (χ2n) is 4.19. The van der Waals surface area contributed by atoms with Crippen LogP contribution in [-0.4, -0.2) is 31.3 Å². The quantitative estimate of drug-likeness (QED) is 0.919. The van der Waals surface area contributed by atoms with E-state index < -0.39 is 0 Å². The van der Waals surface area contributed by atoms with E-state index in [-0.39, 0.29) is 0 Å². The SMILES string of the molecule is CNC(Cc1ccc(Br)cn1)C1CCOC1. The molecule has 2 unspecified atom stereocenters. The van der Waals surface area contributed by atoms with E-state index in [0.29, 0.717) is 12.0 Å². The van der Waals surface area contributed by atoms with Gasteiger partial charge in [-0.05, 0) is 41.5 Å². The van der Waals surface area contributed by atoms with Crippen molar-refractivity contribution in [2.45, 2.75) is 18.9 Å². The summed E-state index contributed by atoms with van der Waals surface area (Å²) < 4.78 is 6.46. The van der Waals surface area contributed by atoms with E-state index in [2.05, 4.69) is 32.3 Å². The van der Waals surface area contributed by atoms with Crippen LogP contribution in [0.1, 0.15) is 12.1 Å². The number of aromatic nitrogens is 1. The minimum atomic E-state index is 0.469. The number of hydrogen-bond acceptors (Lipinski definition) is 3. The van der Waals surface area contributed by atoms with Gasteiger partial charge in [0, 0.05) is 41.4 Å². The lowest BCUT2D eigenvalue weighted by Crippen LogP contribution is -2.36. The summed E-state index contributed by atoms with van der Waals surface area (Å²) in [6, 6.07) is 4.58. The maximum Gasteiger partial charge on any atom is 0.0510 e. The van der Waals surface area contributed by atoms with Crippen molar-refractivity contribution in [3.63, 3.8) is 0 Å². The van der Waals surface area contributed by atoms with Gasteiger partial charge in [0.2, 0.25) is 0 Å². The molecule has 0 bridgehead atoms. The van der Waals surface area contributed by atoms with Gasteiger partial charge in [-0.25, -0.2) is 0 Å². The molecule has 2 rings (SSSR count). The van der Waals surface area contributed by atoms with E-state index in [4.69, 9.17) is 4.74 Å². The highest BCUT2D eigenvalue weighted by molar-refractivity contribution is 9.10. The van der Waals surface area contributed by atoms with Crippen LogP contribution >= 0.6 is 15.9 Å². The van der Waals surface area contributed by atoms with Crippen molar-refractivity contribution in [3.8, 4) is 0 Å². The summed E-state index contributed by atoms with van der Waals surface area (Å²) in [5.41, 5.74) is 1.13. The van der Waals surface area contributed by atoms with Crippen LogP contribution in [0.4, 0.5) is 0 Å². The second kappa shape index (κ2) is 5.75. The Kier molecular flexibility index (Phi) is 4.32. The van der Waals surface area contributed by atoms with E-state index in [0.717, 1.165) is 36.2 Å². The third-order valence-electron chi connectivity index (χ3n) is 3.12. The molecule has 0 aromatic carbocycles. The molecule has 4 heteroatoms. The van der Waals surface area contributed by atoms with E-state index >= 15 is 0 Å². The molecular formula is C12H17BrN2O. The standard InChI is InChI=1S/C12H17BrN2O/c1-14-12(9-4-5-16-8-9)6-11-3-2-10(13)7-15-11/h2-3,7,9,12,14H,4-6,8H2,1H3. The lowest BCUT2D eigenvalue weighted by molar-refractivity contribution is 0.177. The minimum Gasteiger partial charge on any atom is -0.381 e. The van der Waals surface area contributed by atoms with Crippen LogP contribution < -0.4 is 5.32 Å². The van der Waals surface area contributed by atoms with Crippen molar-refractivity contribution in [2.75, 3.05) is 20.3 Å². The average Bonchev–Trinajstić information content (AvgIpc) is 2.82. The van der Waals surface area contributed by atoms with E-state index in [9.17, 15) is 0 Å². The molecule has 1 aliphatic rings. The van der Waals surface area contributed by atoms with Gasteiger partial charge in [-0.1, -0.05) is 0 Å². The molecule has 0 amide bonds. The number of likely N-dealkylation sites (N-methyl/N-ethyl adjacent to an activating group) is 1. The Balaban J connectivity index is 1.97. The predicted molar refractivity (Wildman–Crippen MR) is 67.4 cm³/mol. The average molecular weight is 285 g/mol. The van der Waals surface area contributed by atoms with E-state index in [1.807, 2.05) is 19.3 Å². The van der Waals surface area contributed by atoms with Gasteiger partial charge in [0.15, 0.2) is 0 Å². The molecule has 0 aliphatic carbocycles. The molecule has 1 aliphatic heterocycles. The molecule has 1 fully saturated rings. The first-order valence-electron chi connectivity index (χ1n) is 5.65. The number of ether oxygens (including phenoxy) is 1. The van der Waals surface area contributed by atoms with Crippen LogP contribution in [0.15, 0.2) is 22.8 Å². The first-order valence-corrected chi connectivity index (χ1v) is 6.44. The van der Waals surface area contributed by atoms with Crippen LogP contribution in [0.25, 0.3) is 0 Å². The van der Waals surface area contributed by atoms with Crippen LogP contribution in [0.3, 0.4) is 0 Å². The number of nitrogens with zero attached hydrogens (tertiary/aromatic N) is 1. The number of pyridine rings is 1. The summed E-state index contributed by atoms with van der Waals surface area (Å²) >= 11 is 3.40. The Labute approximate surface area is 105 Å². The molecule has 1 N–H and O–H groups in total. The van der Waals surface area contributed by atoms with Gasteiger partial charge in [-0.3, -0.25) is 4.98 Å². The highest BCUT2D eigenvalue weighted by Gasteiger charge is 2.24. The van der Waals surface area contributed by atoms with Crippen LogP contribution in [0, 0.1) is 5.92 Å². The molecule has 1 aromatic heterocycles. The topological polar surface area (TPSA) is 34.2 Å². The Morgan fingerprint density at radius 2 is 2.50 bits per heavy atom. The fourth-order valence-corrected chi connectivity index (χ4v) is 2.36. The van der Waals surface area contributed by atoms with Crippen LogP contribution in [-0.2, 0) is 11.2 Å². The molecule has 0 radical (unpaired) electrons. The van der Waals surface area contributed by atoms with Crippen molar-refractivity contribution >= 4 is 15.9 Å². The largest absolute Gasteiger partial charge is 0.381 e. The fourth-order valence-electron chi connectivity index (χ4n) is 2.13. The van der Waals surface area contributed by atoms with Gasteiger partial charge in [0.05, 0.1) is 6.61 Å². The monoisotopic (exact) mass is 284 g/mol. The van der Waals surface area contributed by atoms with Crippen molar-refractivity contribution in [1.82, 2.24) is 10.3 Å². The Hall–Kier alpha value is -0.450. The van der Waals surface area contributed by atoms with Gasteiger partial charge >= 0.3 is 0 Å². The Morgan fingerprint density at radius 3 is 3.06 bits per heavy atom. The van der Waals surface area contributed by atoms with Crippen molar-refractivity contribution in [1.29, 1.82) is 0 Å². The van der Waals surface area contributed by atoms with Crippen molar-refractivity contribution in [2.24, 2.45) is 5.92 Å². The summed E-state index contributed by atoms with van der Waals surface area (Å²) in [4.78, 5) is 4.41. The van der Waals surface area contributed by atoms with E-state index in [1.165, 1.54) is 0 Å². The van der Waals surface area contributed by atoms with Crippen LogP contribution in [0.5, 0.6) is 0 Å². The molecule has 1 aromatic rings. The van der Waals surface area contributed by atoms with Gasteiger partial charge in [0.25, 0.3) is 0 Å². The smallest absolute Gasteiger partial charge is 0.0510 e. The third-order valence-corrected chi connectivity index (χ3v) is 3.59. The number of halogens is 1. The number of nitrogens with one attached hydrogen (secondary N) is 1. The first kappa shape index (κ1) is 12.0. The highest BCUT2D eigenvalue weighted by Crippen LogP contribution is 2.19. The number of hydrogen-bond donors (Lipinski definition) is 1. The zero-order valence-electron chi connectivity index (χ0n) is 9.45. The summed E-state index contributed by atoms with van der Waals surface area (Å²) in [5, 5.41) is 3.38. The van der Waals surface area contributed by atoms with Gasteiger partial charge in [-0.2, -0.15) is 0 Å². The molecule has 16 heavy (non-hydrogen) atoms. The summed E-state index contributed by atoms with van der Waals surface area (Å²) in [6.07, 6.45) is 3.98. The first-order chi connectivity index (χ1) is 7.79. The molecule has 0 saturated carbocycles. The van der Waals surface area contributed by atoms with Gasteiger partial charge in [0.1, 0.15) is 0 Å². The molecule has 3 nitrogen and oxygen atoms in total. The molecule has 0 spiro atoms. The Bertz CT molecular complexity index is 322. The second-order valence-corrected chi connectivity index (χ2v) is 5.11. The lowest BCUT2D eigenvalue weighted by Gasteiger charge is -2.21. The summed E-state index contributed by atoms with van der Waals surface area (Å²) in [5.74, 6) is 0.621. The summed E-state index contributed by atoms with van der Waals surface area (Å²) in [7, 11) is 2.02.